The van der Waals surface area contributed by atoms with Crippen LogP contribution in [0.1, 0.15) is 33.7 Å². The number of hydrogen-bond acceptors (Lipinski definition) is 3. The molecule has 1 aliphatic rings. The van der Waals surface area contributed by atoms with E-state index < -0.39 is 5.91 Å². The third-order valence-electron chi connectivity index (χ3n) is 2.84. The van der Waals surface area contributed by atoms with E-state index >= 15 is 0 Å². The first-order valence-electron chi connectivity index (χ1n) is 5.66. The summed E-state index contributed by atoms with van der Waals surface area (Å²) in [5.41, 5.74) is 5.79. The number of nitrogens with one attached hydrogen (secondary N) is 3. The van der Waals surface area contributed by atoms with Gasteiger partial charge in [-0.1, -0.05) is 0 Å². The van der Waals surface area contributed by atoms with Gasteiger partial charge < -0.3 is 21.4 Å². The van der Waals surface area contributed by atoms with Crippen LogP contribution in [0.25, 0.3) is 0 Å². The third-order valence-corrected chi connectivity index (χ3v) is 2.84. The Bertz CT molecular complexity index is 426. The number of amides is 2. The molecule has 2 heterocycles. The van der Waals surface area contributed by atoms with Crippen LogP contribution < -0.4 is 16.4 Å². The molecule has 100 valence electrons. The molecule has 1 aromatic rings. The molecule has 6 nitrogen and oxygen atoms in total. The number of primary amides is 1. The van der Waals surface area contributed by atoms with Crippen molar-refractivity contribution in [3.05, 3.63) is 23.5 Å². The zero-order valence-corrected chi connectivity index (χ0v) is 10.7. The monoisotopic (exact) mass is 272 g/mol. The van der Waals surface area contributed by atoms with E-state index in [4.69, 9.17) is 5.73 Å². The minimum atomic E-state index is -0.542. The first-order valence-corrected chi connectivity index (χ1v) is 5.66. The van der Waals surface area contributed by atoms with Gasteiger partial charge in [-0.3, -0.25) is 9.59 Å². The van der Waals surface area contributed by atoms with E-state index in [9.17, 15) is 9.59 Å². The molecule has 0 spiro atoms. The van der Waals surface area contributed by atoms with Crippen LogP contribution >= 0.6 is 12.4 Å². The van der Waals surface area contributed by atoms with Crippen molar-refractivity contribution in [3.63, 3.8) is 0 Å². The number of aromatic nitrogens is 1. The maximum absolute atomic E-state index is 11.8. The van der Waals surface area contributed by atoms with E-state index in [1.54, 1.807) is 0 Å². The van der Waals surface area contributed by atoms with E-state index in [0.29, 0.717) is 11.3 Å². The smallest absolute Gasteiger partial charge is 0.267 e. The second-order valence-corrected chi connectivity index (χ2v) is 4.18. The fraction of sp³-hybridized carbons (Fsp3) is 0.455. The van der Waals surface area contributed by atoms with Crippen molar-refractivity contribution in [2.45, 2.75) is 18.9 Å². The van der Waals surface area contributed by atoms with Crippen molar-refractivity contribution in [2.24, 2.45) is 5.73 Å². The fourth-order valence-electron chi connectivity index (χ4n) is 1.91. The lowest BCUT2D eigenvalue weighted by Crippen LogP contribution is -2.45. The number of aromatic amines is 1. The quantitative estimate of drug-likeness (QED) is 0.624. The van der Waals surface area contributed by atoms with Crippen LogP contribution in [0.3, 0.4) is 0 Å². The van der Waals surface area contributed by atoms with Crippen LogP contribution in [0.2, 0.25) is 0 Å². The molecule has 1 aliphatic heterocycles. The summed E-state index contributed by atoms with van der Waals surface area (Å²) < 4.78 is 0. The van der Waals surface area contributed by atoms with Crippen LogP contribution in [-0.2, 0) is 0 Å². The average Bonchev–Trinajstić information content (AvgIpc) is 2.79. The first-order chi connectivity index (χ1) is 8.16. The summed E-state index contributed by atoms with van der Waals surface area (Å²) >= 11 is 0. The number of piperidine rings is 1. The molecule has 5 N–H and O–H groups in total. The lowest BCUT2D eigenvalue weighted by molar-refractivity contribution is 0.0926. The summed E-state index contributed by atoms with van der Waals surface area (Å²) in [5.74, 6) is -0.745. The highest BCUT2D eigenvalue weighted by atomic mass is 35.5. The molecule has 0 unspecified atom stereocenters. The second kappa shape index (κ2) is 6.42. The number of carbonyl (C=O) groups excluding carboxylic acids is 2. The van der Waals surface area contributed by atoms with Gasteiger partial charge in [-0.05, 0) is 25.5 Å². The van der Waals surface area contributed by atoms with Gasteiger partial charge >= 0.3 is 0 Å². The summed E-state index contributed by atoms with van der Waals surface area (Å²) in [7, 11) is 0. The molecule has 1 aromatic heterocycles. The number of halogens is 1. The number of hydrogen-bond donors (Lipinski definition) is 4. The minimum Gasteiger partial charge on any atom is -0.366 e. The van der Waals surface area contributed by atoms with Crippen LogP contribution in [0.15, 0.2) is 12.3 Å². The molecule has 0 aromatic carbocycles. The summed E-state index contributed by atoms with van der Waals surface area (Å²) in [6, 6.07) is 1.62. The zero-order chi connectivity index (χ0) is 12.3. The SMILES string of the molecule is Cl.NC(=O)c1c[nH]c(C(=O)N[C@H]2CCCNC2)c1. The number of carbonyl (C=O) groups is 2. The van der Waals surface area contributed by atoms with E-state index in [0.717, 1.165) is 25.9 Å². The average molecular weight is 273 g/mol. The molecule has 2 amide bonds. The predicted molar refractivity (Wildman–Crippen MR) is 69.9 cm³/mol. The molecular formula is C11H17ClN4O2. The van der Waals surface area contributed by atoms with E-state index in [2.05, 4.69) is 15.6 Å². The molecule has 1 saturated heterocycles. The second-order valence-electron chi connectivity index (χ2n) is 4.18. The van der Waals surface area contributed by atoms with Gasteiger partial charge in [0.1, 0.15) is 5.69 Å². The maximum atomic E-state index is 11.8. The first kappa shape index (κ1) is 14.5. The Labute approximate surface area is 111 Å². The highest BCUT2D eigenvalue weighted by Gasteiger charge is 2.17. The molecule has 7 heteroatoms. The van der Waals surface area contributed by atoms with Crippen LogP contribution in [-0.4, -0.2) is 35.9 Å². The molecule has 0 radical (unpaired) electrons. The Morgan fingerprint density at radius 3 is 2.78 bits per heavy atom. The molecule has 1 fully saturated rings. The van der Waals surface area contributed by atoms with Gasteiger partial charge in [0.2, 0.25) is 5.91 Å². The lowest BCUT2D eigenvalue weighted by Gasteiger charge is -2.23. The van der Waals surface area contributed by atoms with E-state index in [1.165, 1.54) is 12.3 Å². The minimum absolute atomic E-state index is 0. The lowest BCUT2D eigenvalue weighted by atomic mass is 10.1. The summed E-state index contributed by atoms with van der Waals surface area (Å²) in [6.07, 6.45) is 3.47. The van der Waals surface area contributed by atoms with Gasteiger partial charge in [-0.15, -0.1) is 12.4 Å². The normalized spacial score (nSPS) is 18.8. The summed E-state index contributed by atoms with van der Waals surface area (Å²) in [6.45, 7) is 1.79. The third kappa shape index (κ3) is 3.48. The Kier molecular flexibility index (Phi) is 5.18. The largest absolute Gasteiger partial charge is 0.366 e. The van der Waals surface area contributed by atoms with Gasteiger partial charge in [-0.25, -0.2) is 0 Å². The molecule has 0 bridgehead atoms. The number of nitrogens with two attached hydrogens (primary N) is 1. The van der Waals surface area contributed by atoms with Crippen molar-refractivity contribution in [2.75, 3.05) is 13.1 Å². The van der Waals surface area contributed by atoms with Gasteiger partial charge in [-0.2, -0.15) is 0 Å². The molecule has 1 atom stereocenters. The van der Waals surface area contributed by atoms with Crippen molar-refractivity contribution in [1.82, 2.24) is 15.6 Å². The number of H-pyrrole nitrogens is 1. The van der Waals surface area contributed by atoms with Gasteiger partial charge in [0, 0.05) is 18.8 Å². The maximum Gasteiger partial charge on any atom is 0.267 e. The van der Waals surface area contributed by atoms with Crippen LogP contribution in [0.4, 0.5) is 0 Å². The zero-order valence-electron chi connectivity index (χ0n) is 9.86. The van der Waals surface area contributed by atoms with Crippen molar-refractivity contribution < 1.29 is 9.59 Å². The molecule has 0 saturated carbocycles. The molecule has 18 heavy (non-hydrogen) atoms. The summed E-state index contributed by atoms with van der Waals surface area (Å²) in [5, 5.41) is 6.12. The van der Waals surface area contributed by atoms with Gasteiger partial charge in [0.25, 0.3) is 5.91 Å². The Balaban J connectivity index is 0.00000162. The van der Waals surface area contributed by atoms with Gasteiger partial charge in [0.05, 0.1) is 5.56 Å². The molecule has 2 rings (SSSR count). The van der Waals surface area contributed by atoms with Crippen molar-refractivity contribution in [3.8, 4) is 0 Å². The predicted octanol–water partition coefficient (Wildman–Crippen LogP) is 0.0172. The van der Waals surface area contributed by atoms with Crippen molar-refractivity contribution >= 4 is 24.2 Å². The summed E-state index contributed by atoms with van der Waals surface area (Å²) in [4.78, 5) is 25.5. The van der Waals surface area contributed by atoms with Crippen LogP contribution in [0.5, 0.6) is 0 Å². The highest BCUT2D eigenvalue weighted by molar-refractivity contribution is 5.98. The van der Waals surface area contributed by atoms with E-state index in [-0.39, 0.29) is 24.4 Å². The number of rotatable bonds is 3. The Morgan fingerprint density at radius 1 is 1.44 bits per heavy atom. The van der Waals surface area contributed by atoms with Gasteiger partial charge in [0.15, 0.2) is 0 Å². The van der Waals surface area contributed by atoms with E-state index in [1.807, 2.05) is 0 Å². The van der Waals surface area contributed by atoms with Crippen LogP contribution in [0, 0.1) is 0 Å². The van der Waals surface area contributed by atoms with Crippen molar-refractivity contribution in [1.29, 1.82) is 0 Å². The fourth-order valence-corrected chi connectivity index (χ4v) is 1.91. The highest BCUT2D eigenvalue weighted by Crippen LogP contribution is 2.05. The molecule has 0 aliphatic carbocycles. The Morgan fingerprint density at radius 2 is 2.22 bits per heavy atom. The Hall–Kier alpha value is -1.53. The molecular weight excluding hydrogens is 256 g/mol. The topological polar surface area (TPSA) is 100 Å². The standard InChI is InChI=1S/C11H16N4O2.ClH/c12-10(16)7-4-9(14-5-7)11(17)15-8-2-1-3-13-6-8;/h4-5,8,13-14H,1-3,6H2,(H2,12,16)(H,15,17);1H/t8-;/m0./s1.